The highest BCUT2D eigenvalue weighted by Crippen LogP contribution is 2.28. The molecule has 3 aromatic carbocycles. The SMILES string of the molecule is N=C(N)c1cccc(CCC(=O)Nc2cccc(-c3ccccc3S(N)(=O)=O)c2)c1. The van der Waals surface area contributed by atoms with Crippen LogP contribution in [0.1, 0.15) is 17.5 Å². The second kappa shape index (κ2) is 8.89. The first-order chi connectivity index (χ1) is 14.2. The Bertz CT molecular complexity index is 1210. The highest BCUT2D eigenvalue weighted by atomic mass is 32.2. The van der Waals surface area contributed by atoms with Crippen LogP contribution in [-0.4, -0.2) is 20.2 Å². The highest BCUT2D eigenvalue weighted by Gasteiger charge is 2.15. The van der Waals surface area contributed by atoms with Crippen molar-refractivity contribution in [2.45, 2.75) is 17.7 Å². The summed E-state index contributed by atoms with van der Waals surface area (Å²) in [6.07, 6.45) is 0.750. The third kappa shape index (κ3) is 5.31. The van der Waals surface area contributed by atoms with E-state index in [1.54, 1.807) is 60.7 Å². The van der Waals surface area contributed by atoms with Crippen LogP contribution in [0.4, 0.5) is 5.69 Å². The van der Waals surface area contributed by atoms with Crippen molar-refractivity contribution in [1.82, 2.24) is 0 Å². The van der Waals surface area contributed by atoms with Crippen molar-refractivity contribution in [3.8, 4) is 11.1 Å². The maximum absolute atomic E-state index is 12.4. The molecular weight excluding hydrogens is 400 g/mol. The molecule has 0 heterocycles. The molecule has 0 saturated heterocycles. The molecule has 6 N–H and O–H groups in total. The van der Waals surface area contributed by atoms with Gasteiger partial charge in [0.2, 0.25) is 15.9 Å². The maximum atomic E-state index is 12.4. The smallest absolute Gasteiger partial charge is 0.238 e. The summed E-state index contributed by atoms with van der Waals surface area (Å²) >= 11 is 0. The predicted octanol–water partition coefficient (Wildman–Crippen LogP) is 2.86. The molecule has 0 aliphatic carbocycles. The minimum Gasteiger partial charge on any atom is -0.384 e. The predicted molar refractivity (Wildman–Crippen MR) is 118 cm³/mol. The van der Waals surface area contributed by atoms with Gasteiger partial charge in [0.1, 0.15) is 5.84 Å². The van der Waals surface area contributed by atoms with Crippen LogP contribution in [0, 0.1) is 5.41 Å². The number of sulfonamides is 1. The lowest BCUT2D eigenvalue weighted by Gasteiger charge is -2.11. The number of rotatable bonds is 7. The van der Waals surface area contributed by atoms with Gasteiger partial charge >= 0.3 is 0 Å². The molecule has 0 bridgehead atoms. The van der Waals surface area contributed by atoms with E-state index in [-0.39, 0.29) is 23.1 Å². The Labute approximate surface area is 175 Å². The average Bonchev–Trinajstić information content (AvgIpc) is 2.72. The van der Waals surface area contributed by atoms with Crippen LogP contribution in [0.15, 0.2) is 77.7 Å². The average molecular weight is 423 g/mol. The molecule has 0 fully saturated rings. The van der Waals surface area contributed by atoms with Crippen LogP contribution in [0.3, 0.4) is 0 Å². The third-order valence-corrected chi connectivity index (χ3v) is 5.50. The largest absolute Gasteiger partial charge is 0.384 e. The fourth-order valence-corrected chi connectivity index (χ4v) is 3.85. The van der Waals surface area contributed by atoms with Crippen molar-refractivity contribution in [2.24, 2.45) is 10.9 Å². The first-order valence-corrected chi connectivity index (χ1v) is 10.7. The number of amides is 1. The number of nitrogen functional groups attached to an aromatic ring is 1. The number of hydrogen-bond donors (Lipinski definition) is 4. The van der Waals surface area contributed by atoms with E-state index in [0.717, 1.165) is 5.56 Å². The van der Waals surface area contributed by atoms with Gasteiger partial charge in [-0.3, -0.25) is 10.2 Å². The number of benzene rings is 3. The summed E-state index contributed by atoms with van der Waals surface area (Å²) in [5.41, 5.74) is 8.68. The van der Waals surface area contributed by atoms with Crippen molar-refractivity contribution in [2.75, 3.05) is 5.32 Å². The summed E-state index contributed by atoms with van der Waals surface area (Å²) in [6.45, 7) is 0. The second-order valence-electron chi connectivity index (χ2n) is 6.78. The highest BCUT2D eigenvalue weighted by molar-refractivity contribution is 7.89. The monoisotopic (exact) mass is 422 g/mol. The maximum Gasteiger partial charge on any atom is 0.238 e. The van der Waals surface area contributed by atoms with Crippen molar-refractivity contribution in [1.29, 1.82) is 5.41 Å². The zero-order valence-electron chi connectivity index (χ0n) is 16.1. The lowest BCUT2D eigenvalue weighted by molar-refractivity contribution is -0.116. The van der Waals surface area contributed by atoms with E-state index in [1.165, 1.54) is 6.07 Å². The van der Waals surface area contributed by atoms with Crippen LogP contribution < -0.4 is 16.2 Å². The molecule has 3 rings (SSSR count). The molecule has 0 aliphatic rings. The quantitative estimate of drug-likeness (QED) is 0.343. The van der Waals surface area contributed by atoms with Gasteiger partial charge in [0.25, 0.3) is 0 Å². The van der Waals surface area contributed by atoms with Gasteiger partial charge in [-0.25, -0.2) is 13.6 Å². The Morgan fingerprint density at radius 1 is 0.967 bits per heavy atom. The normalized spacial score (nSPS) is 11.1. The topological polar surface area (TPSA) is 139 Å². The van der Waals surface area contributed by atoms with Gasteiger partial charge in [-0.2, -0.15) is 0 Å². The minimum absolute atomic E-state index is 0.0158. The number of aryl methyl sites for hydroxylation is 1. The Hall–Kier alpha value is -3.49. The molecule has 8 heteroatoms. The number of hydrogen-bond acceptors (Lipinski definition) is 4. The van der Waals surface area contributed by atoms with Crippen molar-refractivity contribution >= 4 is 27.5 Å². The van der Waals surface area contributed by atoms with Gasteiger partial charge < -0.3 is 11.1 Å². The number of carbonyl (C=O) groups is 1. The molecule has 7 nitrogen and oxygen atoms in total. The number of carbonyl (C=O) groups excluding carboxylic acids is 1. The fourth-order valence-electron chi connectivity index (χ4n) is 3.09. The van der Waals surface area contributed by atoms with E-state index >= 15 is 0 Å². The molecule has 0 unspecified atom stereocenters. The molecule has 0 atom stereocenters. The first-order valence-electron chi connectivity index (χ1n) is 9.19. The number of amidine groups is 1. The third-order valence-electron chi connectivity index (χ3n) is 4.53. The Balaban J connectivity index is 1.73. The zero-order chi connectivity index (χ0) is 21.7. The lowest BCUT2D eigenvalue weighted by atomic mass is 10.0. The minimum atomic E-state index is -3.88. The standard InChI is InChI=1S/C22H22N4O3S/c23-22(24)17-7-3-5-15(13-17)11-12-21(27)26-18-8-4-6-16(14-18)19-9-1-2-10-20(19)30(25,28)29/h1-10,13-14H,11-12H2,(H3,23,24)(H,26,27)(H2,25,28,29). The number of primary sulfonamides is 1. The van der Waals surface area contributed by atoms with Crippen molar-refractivity contribution < 1.29 is 13.2 Å². The molecule has 154 valence electrons. The van der Waals surface area contributed by atoms with E-state index < -0.39 is 10.0 Å². The summed E-state index contributed by atoms with van der Waals surface area (Å²) in [4.78, 5) is 12.4. The molecule has 30 heavy (non-hydrogen) atoms. The van der Waals surface area contributed by atoms with Crippen molar-refractivity contribution in [3.05, 3.63) is 83.9 Å². The Morgan fingerprint density at radius 3 is 2.43 bits per heavy atom. The molecule has 0 spiro atoms. The van der Waals surface area contributed by atoms with Gasteiger partial charge in [0, 0.05) is 23.2 Å². The fraction of sp³-hybridized carbons (Fsp3) is 0.0909. The molecular formula is C22H22N4O3S. The first kappa shape index (κ1) is 21.2. The molecule has 3 aromatic rings. The summed E-state index contributed by atoms with van der Waals surface area (Å²) < 4.78 is 23.7. The van der Waals surface area contributed by atoms with Crippen LogP contribution in [0.2, 0.25) is 0 Å². The molecule has 0 aliphatic heterocycles. The van der Waals surface area contributed by atoms with E-state index in [1.807, 2.05) is 6.07 Å². The van der Waals surface area contributed by atoms with E-state index in [2.05, 4.69) is 5.32 Å². The second-order valence-corrected chi connectivity index (χ2v) is 8.31. The summed E-state index contributed by atoms with van der Waals surface area (Å²) in [5.74, 6) is -0.196. The summed E-state index contributed by atoms with van der Waals surface area (Å²) in [5, 5.41) is 15.6. The Kier molecular flexibility index (Phi) is 6.29. The van der Waals surface area contributed by atoms with E-state index in [4.69, 9.17) is 16.3 Å². The van der Waals surface area contributed by atoms with Crippen LogP contribution >= 0.6 is 0 Å². The van der Waals surface area contributed by atoms with Gasteiger partial charge in [-0.1, -0.05) is 48.5 Å². The molecule has 0 aromatic heterocycles. The van der Waals surface area contributed by atoms with E-state index in [0.29, 0.717) is 28.8 Å². The number of anilines is 1. The molecule has 0 saturated carbocycles. The van der Waals surface area contributed by atoms with Crippen molar-refractivity contribution in [3.63, 3.8) is 0 Å². The van der Waals surface area contributed by atoms with Gasteiger partial charge in [0.15, 0.2) is 0 Å². The van der Waals surface area contributed by atoms with Crippen LogP contribution in [0.25, 0.3) is 11.1 Å². The Morgan fingerprint density at radius 2 is 1.70 bits per heavy atom. The van der Waals surface area contributed by atoms with Crippen LogP contribution in [0.5, 0.6) is 0 Å². The summed E-state index contributed by atoms with van der Waals surface area (Å²) in [7, 11) is -3.88. The number of nitrogens with two attached hydrogens (primary N) is 2. The van der Waals surface area contributed by atoms with Gasteiger partial charge in [-0.05, 0) is 41.8 Å². The zero-order valence-corrected chi connectivity index (χ0v) is 16.9. The van der Waals surface area contributed by atoms with Gasteiger partial charge in [-0.15, -0.1) is 0 Å². The summed E-state index contributed by atoms with van der Waals surface area (Å²) in [6, 6.07) is 20.6. The van der Waals surface area contributed by atoms with Gasteiger partial charge in [0.05, 0.1) is 4.90 Å². The lowest BCUT2D eigenvalue weighted by Crippen LogP contribution is -2.14. The molecule has 1 amide bonds. The molecule has 0 radical (unpaired) electrons. The number of nitrogens with one attached hydrogen (secondary N) is 2. The van der Waals surface area contributed by atoms with E-state index in [9.17, 15) is 13.2 Å². The van der Waals surface area contributed by atoms with Crippen LogP contribution in [-0.2, 0) is 21.2 Å².